The largest absolute Gasteiger partial charge is 0.394 e. The molecular formula is C66H125NO5. The van der Waals surface area contributed by atoms with Crippen molar-refractivity contribution >= 4 is 5.91 Å². The highest BCUT2D eigenvalue weighted by Crippen LogP contribution is 2.18. The van der Waals surface area contributed by atoms with Crippen LogP contribution in [0.1, 0.15) is 335 Å². The van der Waals surface area contributed by atoms with Crippen molar-refractivity contribution in [1.29, 1.82) is 0 Å². The Hall–Kier alpha value is -1.73. The molecule has 4 unspecified atom stereocenters. The summed E-state index contributed by atoms with van der Waals surface area (Å²) in [6.45, 7) is 4.08. The molecule has 0 spiro atoms. The van der Waals surface area contributed by atoms with E-state index < -0.39 is 36.9 Å². The van der Waals surface area contributed by atoms with Crippen LogP contribution in [-0.2, 0) is 4.79 Å². The highest BCUT2D eigenvalue weighted by Gasteiger charge is 2.28. The molecule has 6 nitrogen and oxygen atoms in total. The summed E-state index contributed by atoms with van der Waals surface area (Å²) in [4.78, 5) is 12.6. The van der Waals surface area contributed by atoms with Crippen molar-refractivity contribution in [2.75, 3.05) is 6.61 Å². The molecule has 0 bridgehead atoms. The quantitative estimate of drug-likeness (QED) is 0.0308. The smallest absolute Gasteiger partial charge is 0.249 e. The van der Waals surface area contributed by atoms with Gasteiger partial charge in [0.25, 0.3) is 0 Å². The predicted molar refractivity (Wildman–Crippen MR) is 316 cm³/mol. The Bertz CT molecular complexity index is 1180. The maximum absolute atomic E-state index is 12.6. The van der Waals surface area contributed by atoms with Crippen molar-refractivity contribution in [3.63, 3.8) is 0 Å². The Balaban J connectivity index is 3.63. The Labute approximate surface area is 449 Å². The number of amides is 1. The topological polar surface area (TPSA) is 110 Å². The first-order valence-corrected chi connectivity index (χ1v) is 32.0. The molecule has 6 heteroatoms. The molecule has 0 aromatic heterocycles. The number of allylic oxidation sites excluding steroid dienone is 8. The minimum absolute atomic E-state index is 0.360. The molecule has 0 aliphatic heterocycles. The van der Waals surface area contributed by atoms with Crippen LogP contribution in [0.5, 0.6) is 0 Å². The molecule has 0 aromatic rings. The van der Waals surface area contributed by atoms with Gasteiger partial charge in [-0.2, -0.15) is 0 Å². The van der Waals surface area contributed by atoms with Crippen LogP contribution in [0.2, 0.25) is 0 Å². The Kier molecular flexibility index (Phi) is 58.7. The van der Waals surface area contributed by atoms with Crippen LogP contribution in [0.15, 0.2) is 48.6 Å². The Morgan fingerprint density at radius 2 is 0.625 bits per heavy atom. The van der Waals surface area contributed by atoms with Gasteiger partial charge < -0.3 is 25.7 Å². The lowest BCUT2D eigenvalue weighted by Gasteiger charge is -2.27. The van der Waals surface area contributed by atoms with Crippen molar-refractivity contribution in [2.45, 2.75) is 359 Å². The van der Waals surface area contributed by atoms with E-state index in [9.17, 15) is 25.2 Å². The number of carbonyl (C=O) groups is 1. The van der Waals surface area contributed by atoms with E-state index in [-0.39, 0.29) is 0 Å². The third-order valence-electron chi connectivity index (χ3n) is 15.0. The van der Waals surface area contributed by atoms with E-state index >= 15 is 0 Å². The number of hydrogen-bond donors (Lipinski definition) is 5. The van der Waals surface area contributed by atoms with E-state index in [1.165, 1.54) is 257 Å². The molecule has 0 rings (SSSR count). The average molecular weight is 1010 g/mol. The summed E-state index contributed by atoms with van der Waals surface area (Å²) >= 11 is 0. The number of nitrogens with one attached hydrogen (secondary N) is 1. The number of aliphatic hydroxyl groups excluding tert-OH is 4. The van der Waals surface area contributed by atoms with Gasteiger partial charge in [0.2, 0.25) is 5.91 Å². The summed E-state index contributed by atoms with van der Waals surface area (Å²) in [7, 11) is 0. The van der Waals surface area contributed by atoms with E-state index in [0.717, 1.165) is 44.9 Å². The van der Waals surface area contributed by atoms with Crippen LogP contribution in [0.4, 0.5) is 0 Å². The first kappa shape index (κ1) is 70.3. The average Bonchev–Trinajstić information content (AvgIpc) is 3.39. The molecule has 0 radical (unpaired) electrons. The lowest BCUT2D eigenvalue weighted by Crippen LogP contribution is -2.53. The van der Waals surface area contributed by atoms with E-state index in [1.807, 2.05) is 0 Å². The minimum atomic E-state index is -1.29. The van der Waals surface area contributed by atoms with E-state index in [1.54, 1.807) is 0 Å². The first-order valence-electron chi connectivity index (χ1n) is 32.0. The molecule has 72 heavy (non-hydrogen) atoms. The monoisotopic (exact) mass is 1010 g/mol. The molecule has 0 fully saturated rings. The summed E-state index contributed by atoms with van der Waals surface area (Å²) < 4.78 is 0. The molecule has 1 amide bonds. The van der Waals surface area contributed by atoms with Gasteiger partial charge >= 0.3 is 0 Å². The second kappa shape index (κ2) is 60.1. The van der Waals surface area contributed by atoms with E-state index in [4.69, 9.17) is 0 Å². The number of rotatable bonds is 59. The van der Waals surface area contributed by atoms with Crippen molar-refractivity contribution in [2.24, 2.45) is 0 Å². The molecule has 0 heterocycles. The second-order valence-corrected chi connectivity index (χ2v) is 22.1. The van der Waals surface area contributed by atoms with Crippen molar-refractivity contribution in [3.05, 3.63) is 48.6 Å². The molecule has 0 saturated carbocycles. The van der Waals surface area contributed by atoms with Gasteiger partial charge in [0.15, 0.2) is 0 Å². The summed E-state index contributed by atoms with van der Waals surface area (Å²) in [5.74, 6) is -0.594. The van der Waals surface area contributed by atoms with Crippen molar-refractivity contribution < 1.29 is 25.2 Å². The zero-order valence-corrected chi connectivity index (χ0v) is 48.2. The zero-order chi connectivity index (χ0) is 52.3. The third kappa shape index (κ3) is 53.1. The fourth-order valence-corrected chi connectivity index (χ4v) is 9.98. The van der Waals surface area contributed by atoms with Crippen LogP contribution in [-0.4, -0.2) is 57.3 Å². The first-order chi connectivity index (χ1) is 35.5. The lowest BCUT2D eigenvalue weighted by atomic mass is 10.00. The number of aliphatic hydroxyl groups is 4. The molecule has 5 N–H and O–H groups in total. The second-order valence-electron chi connectivity index (χ2n) is 22.1. The third-order valence-corrected chi connectivity index (χ3v) is 15.0. The van der Waals surface area contributed by atoms with Gasteiger partial charge in [-0.1, -0.05) is 300 Å². The van der Waals surface area contributed by atoms with E-state index in [2.05, 4.69) is 67.8 Å². The van der Waals surface area contributed by atoms with Crippen LogP contribution < -0.4 is 5.32 Å². The Morgan fingerprint density at radius 3 is 0.958 bits per heavy atom. The predicted octanol–water partition coefficient (Wildman–Crippen LogP) is 19.3. The fraction of sp³-hybridized carbons (Fsp3) is 0.864. The molecule has 0 aliphatic carbocycles. The molecule has 0 saturated heterocycles. The SMILES string of the molecule is CCCCCCCCCCC/C=C\C/C=C\CCCCCCCCCCCCCCCCCCC(O)C(=O)NC(CO)C(O)C(O)CCC/C=C/CC/C=C/CCCCCCCCCCCCCCCCC. The maximum Gasteiger partial charge on any atom is 0.249 e. The van der Waals surface area contributed by atoms with Gasteiger partial charge in [-0.15, -0.1) is 0 Å². The number of hydrogen-bond acceptors (Lipinski definition) is 5. The summed E-state index contributed by atoms with van der Waals surface area (Å²) in [5, 5.41) is 44.1. The molecule has 0 aliphatic rings. The summed E-state index contributed by atoms with van der Waals surface area (Å²) in [6, 6.07) is -1.01. The highest BCUT2D eigenvalue weighted by atomic mass is 16.3. The lowest BCUT2D eigenvalue weighted by molar-refractivity contribution is -0.132. The standard InChI is InChI=1S/C66H125NO5/c1-3-5-7-9-11-13-15-17-19-21-23-25-27-29-30-31-32-33-34-35-36-38-40-42-44-46-48-50-52-54-56-58-60-64(70)66(72)67-62(61-68)65(71)63(69)59-57-55-53-51-49-47-45-43-41-39-37-28-26-24-22-20-18-16-14-12-10-8-6-4-2/h23,25,29-30,43,45,51,53,62-65,68-71H,3-22,24,26-28,31-42,44,46-50,52,54-61H2,1-2H3,(H,67,72)/b25-23-,30-29-,45-43+,53-51+. The van der Waals surface area contributed by atoms with Gasteiger partial charge in [0.05, 0.1) is 18.8 Å². The van der Waals surface area contributed by atoms with Crippen molar-refractivity contribution in [1.82, 2.24) is 5.32 Å². The Morgan fingerprint density at radius 1 is 0.347 bits per heavy atom. The van der Waals surface area contributed by atoms with Crippen LogP contribution >= 0.6 is 0 Å². The van der Waals surface area contributed by atoms with Gasteiger partial charge in [-0.25, -0.2) is 0 Å². The number of unbranched alkanes of at least 4 members (excludes halogenated alkanes) is 42. The highest BCUT2D eigenvalue weighted by molar-refractivity contribution is 5.80. The zero-order valence-electron chi connectivity index (χ0n) is 48.2. The summed E-state index contributed by atoms with van der Waals surface area (Å²) in [5.41, 5.74) is 0. The van der Waals surface area contributed by atoms with E-state index in [0.29, 0.717) is 19.3 Å². The number of carbonyl (C=O) groups excluding carboxylic acids is 1. The molecule has 4 atom stereocenters. The maximum atomic E-state index is 12.6. The van der Waals surface area contributed by atoms with Crippen LogP contribution in [0.3, 0.4) is 0 Å². The van der Waals surface area contributed by atoms with Gasteiger partial charge in [0.1, 0.15) is 12.2 Å². The molecule has 424 valence electrons. The molecular weight excluding hydrogens is 887 g/mol. The van der Waals surface area contributed by atoms with Crippen molar-refractivity contribution in [3.8, 4) is 0 Å². The van der Waals surface area contributed by atoms with Crippen LogP contribution in [0.25, 0.3) is 0 Å². The summed E-state index contributed by atoms with van der Waals surface area (Å²) in [6.07, 6.45) is 77.8. The van der Waals surface area contributed by atoms with Gasteiger partial charge in [0, 0.05) is 0 Å². The fourth-order valence-electron chi connectivity index (χ4n) is 9.98. The van der Waals surface area contributed by atoms with Gasteiger partial charge in [-0.05, 0) is 83.5 Å². The normalized spacial score (nSPS) is 13.9. The van der Waals surface area contributed by atoms with Crippen LogP contribution in [0, 0.1) is 0 Å². The molecule has 0 aromatic carbocycles. The van der Waals surface area contributed by atoms with Gasteiger partial charge in [-0.3, -0.25) is 4.79 Å². The minimum Gasteiger partial charge on any atom is -0.394 e.